The van der Waals surface area contributed by atoms with Gasteiger partial charge in [-0.05, 0) is 19.9 Å². The van der Waals surface area contributed by atoms with E-state index in [2.05, 4.69) is 5.32 Å². The second-order valence-electron chi connectivity index (χ2n) is 3.03. The minimum Gasteiger partial charge on any atom is -0.550 e. The predicted octanol–water partition coefficient (Wildman–Crippen LogP) is -8.66. The van der Waals surface area contributed by atoms with E-state index in [0.717, 1.165) is 6.08 Å². The van der Waals surface area contributed by atoms with Crippen LogP contribution in [0, 0.1) is 0 Å². The van der Waals surface area contributed by atoms with Crippen LogP contribution in [0.4, 0.5) is 0 Å². The summed E-state index contributed by atoms with van der Waals surface area (Å²) in [5.74, 6) is -3.34. The van der Waals surface area contributed by atoms with Crippen LogP contribution in [0.25, 0.3) is 0 Å². The quantitative estimate of drug-likeness (QED) is 0.384. The zero-order valence-corrected chi connectivity index (χ0v) is 16.6. The van der Waals surface area contributed by atoms with Crippen LogP contribution in [-0.2, 0) is 14.4 Å². The fourth-order valence-corrected chi connectivity index (χ4v) is 0.981. The summed E-state index contributed by atoms with van der Waals surface area (Å²) >= 11 is 0. The van der Waals surface area contributed by atoms with E-state index in [1.807, 2.05) is 0 Å². The maximum atomic E-state index is 10.6. The number of carboxylic acids is 2. The van der Waals surface area contributed by atoms with Crippen molar-refractivity contribution < 1.29 is 127 Å². The molecule has 84 valence electrons. The summed E-state index contributed by atoms with van der Waals surface area (Å²) in [5, 5.41) is 23.0. The molecule has 0 spiro atoms. The molecule has 1 unspecified atom stereocenters. The second-order valence-corrected chi connectivity index (χ2v) is 3.03. The third-order valence-corrected chi connectivity index (χ3v) is 1.48. The van der Waals surface area contributed by atoms with Crippen molar-refractivity contribution in [1.29, 1.82) is 0 Å². The van der Waals surface area contributed by atoms with Crippen LogP contribution < -0.4 is 118 Å². The first-order chi connectivity index (χ1) is 6.82. The maximum Gasteiger partial charge on any atom is 1.00 e. The molecule has 0 aliphatic rings. The zero-order chi connectivity index (χ0) is 12.0. The van der Waals surface area contributed by atoms with Crippen molar-refractivity contribution >= 4 is 17.7 Å². The van der Waals surface area contributed by atoms with Crippen LogP contribution >= 0.6 is 0 Å². The summed E-state index contributed by atoms with van der Waals surface area (Å²) in [6.45, 7) is 2.74. The molecule has 0 saturated carbocycles. The maximum absolute atomic E-state index is 10.6. The molecule has 0 aromatic heterocycles. The van der Waals surface area contributed by atoms with Gasteiger partial charge in [0.1, 0.15) is 0 Å². The van der Waals surface area contributed by atoms with Crippen molar-refractivity contribution in [1.82, 2.24) is 5.32 Å². The number of carbonyl (C=O) groups excluding carboxylic acids is 3. The average molecular weight is 291 g/mol. The van der Waals surface area contributed by atoms with Crippen LogP contribution in [0.5, 0.6) is 0 Å². The summed E-state index contributed by atoms with van der Waals surface area (Å²) in [7, 11) is 0. The summed E-state index contributed by atoms with van der Waals surface area (Å²) in [5.41, 5.74) is 0.262. The molecule has 0 saturated heterocycles. The molecule has 1 atom stereocenters. The van der Waals surface area contributed by atoms with Crippen LogP contribution in [-0.4, -0.2) is 23.8 Å². The van der Waals surface area contributed by atoms with E-state index in [9.17, 15) is 24.6 Å². The number of carbonyl (C=O) groups is 3. The molecule has 0 aromatic rings. The molecular weight excluding hydrogens is 280 g/mol. The van der Waals surface area contributed by atoms with Gasteiger partial charge in [-0.25, -0.2) is 0 Å². The van der Waals surface area contributed by atoms with Gasteiger partial charge in [0.2, 0.25) is 0 Å². The van der Waals surface area contributed by atoms with Gasteiger partial charge in [0, 0.05) is 18.1 Å². The molecule has 0 radical (unpaired) electrons. The Hall–Kier alpha value is 1.42. The largest absolute Gasteiger partial charge is 1.00 e. The molecule has 0 amide bonds. The first-order valence-corrected chi connectivity index (χ1v) is 4.19. The van der Waals surface area contributed by atoms with Crippen LogP contribution in [0.1, 0.15) is 20.3 Å². The Bertz CT molecular complexity index is 317. The second kappa shape index (κ2) is 12.5. The minimum atomic E-state index is -1.56. The normalized spacial score (nSPS) is 11.5. The van der Waals surface area contributed by atoms with E-state index in [0.29, 0.717) is 0 Å². The fourth-order valence-electron chi connectivity index (χ4n) is 0.981. The van der Waals surface area contributed by atoms with Gasteiger partial charge in [0.15, 0.2) is 5.78 Å². The predicted molar refractivity (Wildman–Crippen MR) is 46.0 cm³/mol. The van der Waals surface area contributed by atoms with Gasteiger partial charge in [-0.3, -0.25) is 4.79 Å². The monoisotopic (exact) mass is 291 g/mol. The zero-order valence-electron chi connectivity index (χ0n) is 10.4. The Morgan fingerprint density at radius 1 is 1.18 bits per heavy atom. The average Bonchev–Trinajstić information content (AvgIpc) is 1.99. The minimum absolute atomic E-state index is 0. The number of nitrogens with one attached hydrogen (secondary N) is 1. The SMILES string of the molecule is CC(=O)C=C(C)NC(CC(=O)[O-])C(=O)[O-].[K+].[K+]. The Labute approximate surface area is 184 Å². The first-order valence-electron chi connectivity index (χ1n) is 4.19. The van der Waals surface area contributed by atoms with E-state index in [1.165, 1.54) is 13.8 Å². The van der Waals surface area contributed by atoms with E-state index in [4.69, 9.17) is 0 Å². The molecule has 0 aliphatic carbocycles. The van der Waals surface area contributed by atoms with Crippen molar-refractivity contribution in [3.63, 3.8) is 0 Å². The number of hydrogen-bond acceptors (Lipinski definition) is 6. The van der Waals surface area contributed by atoms with Gasteiger partial charge in [0.25, 0.3) is 0 Å². The Balaban J connectivity index is -0.000000980. The molecule has 17 heavy (non-hydrogen) atoms. The number of rotatable bonds is 6. The van der Waals surface area contributed by atoms with Gasteiger partial charge in [0.05, 0.1) is 12.0 Å². The molecule has 0 bridgehead atoms. The topological polar surface area (TPSA) is 109 Å². The van der Waals surface area contributed by atoms with Crippen molar-refractivity contribution in [2.24, 2.45) is 0 Å². The summed E-state index contributed by atoms with van der Waals surface area (Å²) in [6.07, 6.45) is 0.441. The Morgan fingerprint density at radius 2 is 1.65 bits per heavy atom. The molecule has 0 rings (SSSR count). The molecule has 6 nitrogen and oxygen atoms in total. The van der Waals surface area contributed by atoms with Gasteiger partial charge >= 0.3 is 103 Å². The first kappa shape index (κ1) is 23.5. The third kappa shape index (κ3) is 13.7. The summed E-state index contributed by atoms with van der Waals surface area (Å²) < 4.78 is 0. The summed E-state index contributed by atoms with van der Waals surface area (Å²) in [4.78, 5) is 31.3. The van der Waals surface area contributed by atoms with Crippen LogP contribution in [0.3, 0.4) is 0 Å². The van der Waals surface area contributed by atoms with Crippen LogP contribution in [0.15, 0.2) is 11.8 Å². The number of ketones is 1. The molecule has 1 N–H and O–H groups in total. The van der Waals surface area contributed by atoms with Gasteiger partial charge < -0.3 is 25.1 Å². The van der Waals surface area contributed by atoms with Gasteiger partial charge in [-0.2, -0.15) is 0 Å². The fraction of sp³-hybridized carbons (Fsp3) is 0.444. The molecular formula is C9H11K2NO5. The smallest absolute Gasteiger partial charge is 0.550 e. The molecule has 0 fully saturated rings. The summed E-state index contributed by atoms with van der Waals surface area (Å²) in [6, 6.07) is -1.40. The number of carboxylic acid groups (broad SMARTS) is 2. The van der Waals surface area contributed by atoms with E-state index in [-0.39, 0.29) is 114 Å². The number of aliphatic carboxylic acids is 2. The van der Waals surface area contributed by atoms with Crippen LogP contribution in [0.2, 0.25) is 0 Å². The standard InChI is InChI=1S/C9H13NO5.2K/c1-5(3-6(2)11)10-7(9(14)15)4-8(12)13;;/h3,7,10H,4H2,1-2H3,(H,12,13)(H,14,15);;/q;2*+1/p-2. The van der Waals surface area contributed by atoms with Crippen molar-refractivity contribution in [2.45, 2.75) is 26.3 Å². The van der Waals surface area contributed by atoms with Gasteiger partial charge in [-0.1, -0.05) is 0 Å². The van der Waals surface area contributed by atoms with E-state index in [1.54, 1.807) is 0 Å². The van der Waals surface area contributed by atoms with Crippen molar-refractivity contribution in [2.75, 3.05) is 0 Å². The Kier molecular flexibility index (Phi) is 17.2. The van der Waals surface area contributed by atoms with E-state index < -0.39 is 24.4 Å². The van der Waals surface area contributed by atoms with Crippen molar-refractivity contribution in [3.05, 3.63) is 11.8 Å². The molecule has 0 heterocycles. The molecule has 8 heteroatoms. The molecule has 0 aliphatic heterocycles. The molecule has 0 aromatic carbocycles. The Morgan fingerprint density at radius 3 is 1.94 bits per heavy atom. The third-order valence-electron chi connectivity index (χ3n) is 1.48. The van der Waals surface area contributed by atoms with Crippen molar-refractivity contribution in [3.8, 4) is 0 Å². The van der Waals surface area contributed by atoms with Gasteiger partial charge in [-0.15, -0.1) is 0 Å². The number of allylic oxidation sites excluding steroid dienone is 2. The van der Waals surface area contributed by atoms with E-state index >= 15 is 0 Å². The number of hydrogen-bond donors (Lipinski definition) is 1.